The highest BCUT2D eigenvalue weighted by Gasteiger charge is 2.25. The SMILES string of the molecule is CN(C)C(CN=C(N)N1CCCCC1)C1CCCCC1.I. The Balaban J connectivity index is 0.00000220. The minimum atomic E-state index is 0. The van der Waals surface area contributed by atoms with Gasteiger partial charge in [-0.1, -0.05) is 19.3 Å². The predicted molar refractivity (Wildman–Crippen MR) is 101 cm³/mol. The van der Waals surface area contributed by atoms with Gasteiger partial charge in [0.25, 0.3) is 0 Å². The van der Waals surface area contributed by atoms with Crippen molar-refractivity contribution < 1.29 is 0 Å². The number of nitrogens with two attached hydrogens (primary N) is 1. The van der Waals surface area contributed by atoms with Gasteiger partial charge < -0.3 is 15.5 Å². The van der Waals surface area contributed by atoms with Crippen LogP contribution in [-0.4, -0.2) is 55.5 Å². The number of likely N-dealkylation sites (N-methyl/N-ethyl adjacent to an activating group) is 1. The molecule has 1 heterocycles. The molecule has 1 atom stereocenters. The van der Waals surface area contributed by atoms with E-state index in [1.165, 1.54) is 51.4 Å². The first-order chi connectivity index (χ1) is 9.68. The van der Waals surface area contributed by atoms with E-state index in [4.69, 9.17) is 10.7 Å². The number of guanidine groups is 1. The molecule has 1 aliphatic carbocycles. The lowest BCUT2D eigenvalue weighted by atomic mass is 9.83. The van der Waals surface area contributed by atoms with Crippen molar-refractivity contribution in [3.05, 3.63) is 0 Å². The molecule has 0 aromatic carbocycles. The largest absolute Gasteiger partial charge is 0.370 e. The van der Waals surface area contributed by atoms with E-state index < -0.39 is 0 Å². The highest BCUT2D eigenvalue weighted by molar-refractivity contribution is 14.0. The zero-order valence-corrected chi connectivity index (χ0v) is 16.1. The molecule has 2 rings (SSSR count). The molecule has 124 valence electrons. The lowest BCUT2D eigenvalue weighted by Crippen LogP contribution is -2.43. The van der Waals surface area contributed by atoms with Crippen LogP contribution >= 0.6 is 24.0 Å². The third kappa shape index (κ3) is 5.93. The van der Waals surface area contributed by atoms with Crippen molar-refractivity contribution in [2.45, 2.75) is 57.4 Å². The van der Waals surface area contributed by atoms with E-state index in [2.05, 4.69) is 23.9 Å². The van der Waals surface area contributed by atoms with E-state index in [0.717, 1.165) is 31.5 Å². The molecule has 1 unspecified atom stereocenters. The molecule has 0 aromatic rings. The quantitative estimate of drug-likeness (QED) is 0.442. The molecule has 0 radical (unpaired) electrons. The van der Waals surface area contributed by atoms with Gasteiger partial charge in [0.2, 0.25) is 0 Å². The highest BCUT2D eigenvalue weighted by atomic mass is 127. The molecule has 5 heteroatoms. The second-order valence-electron chi connectivity index (χ2n) is 6.68. The normalized spacial score (nSPS) is 23.0. The lowest BCUT2D eigenvalue weighted by Gasteiger charge is -2.34. The number of aliphatic imine (C=N–C) groups is 1. The van der Waals surface area contributed by atoms with Crippen LogP contribution < -0.4 is 5.73 Å². The van der Waals surface area contributed by atoms with Crippen LogP contribution in [0.5, 0.6) is 0 Å². The lowest BCUT2D eigenvalue weighted by molar-refractivity contribution is 0.175. The number of hydrogen-bond acceptors (Lipinski definition) is 2. The van der Waals surface area contributed by atoms with Crippen molar-refractivity contribution in [3.8, 4) is 0 Å². The number of piperidine rings is 1. The van der Waals surface area contributed by atoms with Crippen LogP contribution in [0.3, 0.4) is 0 Å². The van der Waals surface area contributed by atoms with Gasteiger partial charge in [0.15, 0.2) is 5.96 Å². The van der Waals surface area contributed by atoms with Crippen molar-refractivity contribution in [2.24, 2.45) is 16.6 Å². The molecule has 0 aromatic heterocycles. The molecule has 1 saturated heterocycles. The monoisotopic (exact) mass is 408 g/mol. The van der Waals surface area contributed by atoms with Gasteiger partial charge in [-0.05, 0) is 52.1 Å². The van der Waals surface area contributed by atoms with E-state index in [-0.39, 0.29) is 24.0 Å². The summed E-state index contributed by atoms with van der Waals surface area (Å²) in [6, 6.07) is 0.554. The Kier molecular flexibility index (Phi) is 8.94. The summed E-state index contributed by atoms with van der Waals surface area (Å²) in [5, 5.41) is 0. The van der Waals surface area contributed by atoms with Crippen LogP contribution in [0.2, 0.25) is 0 Å². The molecule has 21 heavy (non-hydrogen) atoms. The number of halogens is 1. The van der Waals surface area contributed by atoms with E-state index in [1.807, 2.05) is 0 Å². The Bertz CT molecular complexity index is 307. The molecule has 2 aliphatic rings. The van der Waals surface area contributed by atoms with Gasteiger partial charge in [-0.15, -0.1) is 24.0 Å². The van der Waals surface area contributed by atoms with E-state index in [1.54, 1.807) is 0 Å². The van der Waals surface area contributed by atoms with Gasteiger partial charge in [0, 0.05) is 19.1 Å². The molecular formula is C16H33IN4. The molecule has 0 bridgehead atoms. The minimum Gasteiger partial charge on any atom is -0.370 e. The van der Waals surface area contributed by atoms with Crippen LogP contribution in [0.15, 0.2) is 4.99 Å². The highest BCUT2D eigenvalue weighted by Crippen LogP contribution is 2.28. The summed E-state index contributed by atoms with van der Waals surface area (Å²) in [5.74, 6) is 1.57. The smallest absolute Gasteiger partial charge is 0.191 e. The number of likely N-dealkylation sites (tertiary alicyclic amines) is 1. The Morgan fingerprint density at radius 3 is 2.24 bits per heavy atom. The van der Waals surface area contributed by atoms with Gasteiger partial charge in [0.05, 0.1) is 6.54 Å². The maximum atomic E-state index is 6.18. The summed E-state index contributed by atoms with van der Waals surface area (Å²) < 4.78 is 0. The van der Waals surface area contributed by atoms with Crippen LogP contribution in [0, 0.1) is 5.92 Å². The summed E-state index contributed by atoms with van der Waals surface area (Å²) in [7, 11) is 4.37. The molecule has 0 amide bonds. The Labute approximate surface area is 147 Å². The number of hydrogen-bond donors (Lipinski definition) is 1. The standard InChI is InChI=1S/C16H32N4.HI/c1-19(2)15(14-9-5-3-6-10-14)13-18-16(17)20-11-7-4-8-12-20;/h14-15H,3-13H2,1-2H3,(H2,17,18);1H. The van der Waals surface area contributed by atoms with E-state index in [9.17, 15) is 0 Å². The maximum Gasteiger partial charge on any atom is 0.191 e. The van der Waals surface area contributed by atoms with Gasteiger partial charge >= 0.3 is 0 Å². The van der Waals surface area contributed by atoms with Crippen molar-refractivity contribution in [1.29, 1.82) is 0 Å². The third-order valence-corrected chi connectivity index (χ3v) is 4.98. The van der Waals surface area contributed by atoms with Gasteiger partial charge in [0.1, 0.15) is 0 Å². The van der Waals surface area contributed by atoms with Crippen LogP contribution in [0.4, 0.5) is 0 Å². The summed E-state index contributed by atoms with van der Waals surface area (Å²) in [4.78, 5) is 9.33. The van der Waals surface area contributed by atoms with Crippen molar-refractivity contribution in [1.82, 2.24) is 9.80 Å². The molecule has 1 aliphatic heterocycles. The van der Waals surface area contributed by atoms with Gasteiger partial charge in [-0.2, -0.15) is 0 Å². The van der Waals surface area contributed by atoms with E-state index in [0.29, 0.717) is 6.04 Å². The zero-order chi connectivity index (χ0) is 14.4. The van der Waals surface area contributed by atoms with Crippen LogP contribution in [0.25, 0.3) is 0 Å². The predicted octanol–water partition coefficient (Wildman–Crippen LogP) is 2.92. The summed E-state index contributed by atoms with van der Waals surface area (Å²) in [5.41, 5.74) is 6.18. The van der Waals surface area contributed by atoms with Crippen LogP contribution in [-0.2, 0) is 0 Å². The molecule has 2 N–H and O–H groups in total. The summed E-state index contributed by atoms with van der Waals surface area (Å²) in [6.07, 6.45) is 10.8. The Morgan fingerprint density at radius 2 is 1.67 bits per heavy atom. The average molecular weight is 408 g/mol. The average Bonchev–Trinajstić information content (AvgIpc) is 2.49. The van der Waals surface area contributed by atoms with E-state index >= 15 is 0 Å². The third-order valence-electron chi connectivity index (χ3n) is 4.98. The topological polar surface area (TPSA) is 44.9 Å². The minimum absolute atomic E-state index is 0. The van der Waals surface area contributed by atoms with Gasteiger partial charge in [-0.25, -0.2) is 0 Å². The van der Waals surface area contributed by atoms with Crippen molar-refractivity contribution >= 4 is 29.9 Å². The van der Waals surface area contributed by atoms with Crippen LogP contribution in [0.1, 0.15) is 51.4 Å². The fourth-order valence-corrected chi connectivity index (χ4v) is 3.66. The second kappa shape index (κ2) is 9.87. The second-order valence-corrected chi connectivity index (χ2v) is 6.68. The van der Waals surface area contributed by atoms with Gasteiger partial charge in [-0.3, -0.25) is 4.99 Å². The Morgan fingerprint density at radius 1 is 1.10 bits per heavy atom. The first-order valence-corrected chi connectivity index (χ1v) is 8.40. The zero-order valence-electron chi connectivity index (χ0n) is 13.8. The molecule has 4 nitrogen and oxygen atoms in total. The molecular weight excluding hydrogens is 375 g/mol. The first-order valence-electron chi connectivity index (χ1n) is 8.40. The fraction of sp³-hybridized carbons (Fsp3) is 0.938. The van der Waals surface area contributed by atoms with Crippen molar-refractivity contribution in [3.63, 3.8) is 0 Å². The molecule has 2 fully saturated rings. The summed E-state index contributed by atoms with van der Waals surface area (Å²) >= 11 is 0. The number of rotatable bonds is 4. The number of nitrogens with zero attached hydrogens (tertiary/aromatic N) is 3. The van der Waals surface area contributed by atoms with Crippen molar-refractivity contribution in [2.75, 3.05) is 33.7 Å². The first kappa shape index (κ1) is 19.0. The summed E-state index contributed by atoms with van der Waals surface area (Å²) in [6.45, 7) is 3.04. The maximum absolute atomic E-state index is 6.18. The Hall–Kier alpha value is -0.0400. The molecule has 1 saturated carbocycles. The molecule has 0 spiro atoms. The fourth-order valence-electron chi connectivity index (χ4n) is 3.66.